The van der Waals surface area contributed by atoms with Crippen LogP contribution in [0.2, 0.25) is 0 Å². The van der Waals surface area contributed by atoms with E-state index in [1.807, 2.05) is 24.4 Å². The van der Waals surface area contributed by atoms with E-state index in [2.05, 4.69) is 38.5 Å². The van der Waals surface area contributed by atoms with Crippen LogP contribution in [0.1, 0.15) is 30.9 Å². The van der Waals surface area contributed by atoms with Crippen molar-refractivity contribution in [3.63, 3.8) is 0 Å². The molecule has 2 aliphatic rings. The number of rotatable bonds is 6. The smallest absolute Gasteiger partial charge is 0.191 e. The van der Waals surface area contributed by atoms with E-state index in [0.29, 0.717) is 13.1 Å². The Morgan fingerprint density at radius 1 is 1.30 bits per heavy atom. The van der Waals surface area contributed by atoms with Crippen LogP contribution in [0.15, 0.2) is 47.6 Å². The van der Waals surface area contributed by atoms with Gasteiger partial charge in [0.1, 0.15) is 11.6 Å². The molecule has 1 aliphatic heterocycles. The van der Waals surface area contributed by atoms with Crippen LogP contribution in [0.5, 0.6) is 0 Å². The lowest BCUT2D eigenvalue weighted by Gasteiger charge is -2.32. The van der Waals surface area contributed by atoms with Gasteiger partial charge in [0.15, 0.2) is 5.96 Å². The van der Waals surface area contributed by atoms with Crippen molar-refractivity contribution in [1.82, 2.24) is 15.6 Å². The highest BCUT2D eigenvalue weighted by Gasteiger charge is 2.45. The first-order valence-corrected chi connectivity index (χ1v) is 10.6. The second-order valence-corrected chi connectivity index (χ2v) is 8.19. The highest BCUT2D eigenvalue weighted by Crippen LogP contribution is 2.48. The molecule has 160 valence electrons. The molecule has 1 aliphatic carbocycles. The molecule has 0 amide bonds. The topological polar surface area (TPSA) is 61.8 Å². The lowest BCUT2D eigenvalue weighted by atomic mass is 9.95. The normalized spacial score (nSPS) is 20.7. The number of aliphatic imine (C=N–C) groups is 1. The van der Waals surface area contributed by atoms with E-state index < -0.39 is 0 Å². The van der Waals surface area contributed by atoms with Crippen LogP contribution in [-0.2, 0) is 16.7 Å². The molecule has 30 heavy (non-hydrogen) atoms. The molecular weight excluding hydrogens is 381 g/mol. The lowest BCUT2D eigenvalue weighted by Crippen LogP contribution is -2.42. The predicted molar refractivity (Wildman–Crippen MR) is 117 cm³/mol. The maximum absolute atomic E-state index is 14.2. The number of aromatic nitrogens is 1. The van der Waals surface area contributed by atoms with Crippen LogP contribution in [0.3, 0.4) is 0 Å². The highest BCUT2D eigenvalue weighted by atomic mass is 19.1. The summed E-state index contributed by atoms with van der Waals surface area (Å²) in [5, 5.41) is 6.75. The number of pyridine rings is 1. The number of hydrogen-bond acceptors (Lipinski definition) is 4. The number of ether oxygens (including phenoxy) is 1. The summed E-state index contributed by atoms with van der Waals surface area (Å²) in [7, 11) is 1.76. The van der Waals surface area contributed by atoms with Crippen molar-refractivity contribution in [3.05, 3.63) is 59.5 Å². The maximum atomic E-state index is 14.2. The number of hydrogen-bond donors (Lipinski definition) is 2. The molecule has 0 radical (unpaired) electrons. The minimum absolute atomic E-state index is 0.124. The van der Waals surface area contributed by atoms with E-state index in [1.165, 1.54) is 0 Å². The fraction of sp³-hybridized carbons (Fsp3) is 0.478. The first kappa shape index (κ1) is 20.6. The van der Waals surface area contributed by atoms with Gasteiger partial charge in [0.2, 0.25) is 0 Å². The van der Waals surface area contributed by atoms with Crippen molar-refractivity contribution in [1.29, 1.82) is 0 Å². The summed E-state index contributed by atoms with van der Waals surface area (Å²) < 4.78 is 19.8. The molecule has 2 N–H and O–H groups in total. The average Bonchev–Trinajstić information content (AvgIpc) is 3.55. The van der Waals surface area contributed by atoms with Gasteiger partial charge in [-0.1, -0.05) is 18.2 Å². The third-order valence-corrected chi connectivity index (χ3v) is 5.95. The van der Waals surface area contributed by atoms with E-state index in [4.69, 9.17) is 4.74 Å². The lowest BCUT2D eigenvalue weighted by molar-refractivity contribution is 0.0529. The van der Waals surface area contributed by atoms with Gasteiger partial charge in [-0.2, -0.15) is 0 Å². The van der Waals surface area contributed by atoms with E-state index >= 15 is 0 Å². The molecule has 2 fully saturated rings. The average molecular weight is 412 g/mol. The molecule has 7 heteroatoms. The SMILES string of the molecule is CN=C(NCc1ccnc(N2CCOC(C)C2)c1)NCC1(c2ccccc2F)CC1. The number of morpholine rings is 1. The monoisotopic (exact) mass is 411 g/mol. The Hall–Kier alpha value is -2.67. The van der Waals surface area contributed by atoms with E-state index in [9.17, 15) is 4.39 Å². The Morgan fingerprint density at radius 2 is 2.13 bits per heavy atom. The number of halogens is 1. The molecule has 2 heterocycles. The van der Waals surface area contributed by atoms with Crippen molar-refractivity contribution in [2.24, 2.45) is 4.99 Å². The third-order valence-electron chi connectivity index (χ3n) is 5.95. The van der Waals surface area contributed by atoms with Crippen LogP contribution >= 0.6 is 0 Å². The summed E-state index contributed by atoms with van der Waals surface area (Å²) in [6.45, 7) is 5.83. The van der Waals surface area contributed by atoms with Crippen LogP contribution in [0, 0.1) is 5.82 Å². The summed E-state index contributed by atoms with van der Waals surface area (Å²) in [5.41, 5.74) is 1.81. The summed E-state index contributed by atoms with van der Waals surface area (Å²) in [5.74, 6) is 1.57. The zero-order valence-corrected chi connectivity index (χ0v) is 17.7. The Kier molecular flexibility index (Phi) is 6.18. The van der Waals surface area contributed by atoms with Crippen molar-refractivity contribution >= 4 is 11.8 Å². The van der Waals surface area contributed by atoms with Gasteiger partial charge < -0.3 is 20.3 Å². The molecule has 0 spiro atoms. The Labute approximate surface area is 177 Å². The van der Waals surface area contributed by atoms with Crippen molar-refractivity contribution < 1.29 is 9.13 Å². The fourth-order valence-corrected chi connectivity index (χ4v) is 4.01. The molecule has 1 saturated heterocycles. The molecule has 1 saturated carbocycles. The summed E-state index contributed by atoms with van der Waals surface area (Å²) in [6.07, 6.45) is 4.04. The van der Waals surface area contributed by atoms with Crippen molar-refractivity contribution in [2.45, 2.75) is 37.8 Å². The first-order chi connectivity index (χ1) is 14.6. The zero-order chi connectivity index (χ0) is 21.0. The minimum Gasteiger partial charge on any atom is -0.375 e. The van der Waals surface area contributed by atoms with Gasteiger partial charge >= 0.3 is 0 Å². The van der Waals surface area contributed by atoms with Gasteiger partial charge in [0, 0.05) is 44.8 Å². The van der Waals surface area contributed by atoms with Crippen LogP contribution in [-0.4, -0.2) is 50.3 Å². The predicted octanol–water partition coefficient (Wildman–Crippen LogP) is 2.84. The number of benzene rings is 1. The summed E-state index contributed by atoms with van der Waals surface area (Å²) in [4.78, 5) is 11.1. The van der Waals surface area contributed by atoms with Gasteiger partial charge in [-0.3, -0.25) is 4.99 Å². The molecule has 6 nitrogen and oxygen atoms in total. The van der Waals surface area contributed by atoms with Crippen LogP contribution < -0.4 is 15.5 Å². The molecule has 1 atom stereocenters. The first-order valence-electron chi connectivity index (χ1n) is 10.6. The summed E-state index contributed by atoms with van der Waals surface area (Å²) >= 11 is 0. The second kappa shape index (κ2) is 9.00. The van der Waals surface area contributed by atoms with E-state index in [0.717, 1.165) is 55.4 Å². The van der Waals surface area contributed by atoms with Gasteiger partial charge in [0.25, 0.3) is 0 Å². The zero-order valence-electron chi connectivity index (χ0n) is 17.7. The molecular formula is C23H30FN5O. The van der Waals surface area contributed by atoms with Crippen molar-refractivity contribution in [3.8, 4) is 0 Å². The summed E-state index contributed by atoms with van der Waals surface area (Å²) in [6, 6.07) is 11.2. The van der Waals surface area contributed by atoms with Crippen LogP contribution in [0.4, 0.5) is 10.2 Å². The molecule has 1 aromatic carbocycles. The highest BCUT2D eigenvalue weighted by molar-refractivity contribution is 5.79. The van der Waals surface area contributed by atoms with Gasteiger partial charge in [0.05, 0.1) is 12.7 Å². The van der Waals surface area contributed by atoms with E-state index in [1.54, 1.807) is 19.2 Å². The largest absolute Gasteiger partial charge is 0.375 e. The maximum Gasteiger partial charge on any atom is 0.191 e. The number of guanidine groups is 1. The van der Waals surface area contributed by atoms with Crippen molar-refractivity contribution in [2.75, 3.05) is 38.2 Å². The molecule has 1 aromatic heterocycles. The van der Waals surface area contributed by atoms with Gasteiger partial charge in [-0.05, 0) is 49.1 Å². The van der Waals surface area contributed by atoms with Gasteiger partial charge in [-0.15, -0.1) is 0 Å². The number of anilines is 1. The third kappa shape index (κ3) is 4.73. The van der Waals surface area contributed by atoms with E-state index in [-0.39, 0.29) is 17.3 Å². The standard InChI is InChI=1S/C23H30FN5O/c1-17-15-29(11-12-30-17)21-13-18(7-10-26-21)14-27-22(25-2)28-16-23(8-9-23)19-5-3-4-6-20(19)24/h3-7,10,13,17H,8-9,11-12,14-16H2,1-2H3,(H2,25,27,28). The Balaban J connectivity index is 1.33. The molecule has 0 bridgehead atoms. The molecule has 2 aromatic rings. The Bertz CT molecular complexity index is 899. The van der Waals surface area contributed by atoms with Gasteiger partial charge in [-0.25, -0.2) is 9.37 Å². The number of nitrogens with one attached hydrogen (secondary N) is 2. The number of nitrogens with zero attached hydrogens (tertiary/aromatic N) is 3. The Morgan fingerprint density at radius 3 is 2.87 bits per heavy atom. The molecule has 4 rings (SSSR count). The second-order valence-electron chi connectivity index (χ2n) is 8.19. The minimum atomic E-state index is -0.125. The quantitative estimate of drug-likeness (QED) is 0.565. The van der Waals surface area contributed by atoms with Crippen LogP contribution in [0.25, 0.3) is 0 Å². The fourth-order valence-electron chi connectivity index (χ4n) is 4.01. The molecule has 1 unspecified atom stereocenters.